The lowest BCUT2D eigenvalue weighted by molar-refractivity contribution is -0.135. The lowest BCUT2D eigenvalue weighted by atomic mass is 9.92. The lowest BCUT2D eigenvalue weighted by Gasteiger charge is -2.37. The van der Waals surface area contributed by atoms with Gasteiger partial charge >= 0.3 is 0 Å². The van der Waals surface area contributed by atoms with E-state index in [-0.39, 0.29) is 0 Å². The number of rotatable bonds is 2. The number of likely N-dealkylation sites (tertiary alicyclic amines) is 1. The van der Waals surface area contributed by atoms with Gasteiger partial charge in [-0.05, 0) is 37.3 Å². The van der Waals surface area contributed by atoms with E-state index in [4.69, 9.17) is 0 Å². The average Bonchev–Trinajstić information content (AvgIpc) is 2.85. The molecule has 1 fully saturated rings. The van der Waals surface area contributed by atoms with Gasteiger partial charge in [0.1, 0.15) is 0 Å². The van der Waals surface area contributed by atoms with E-state index < -0.39 is 0 Å². The molecule has 3 atom stereocenters. The quantitative estimate of drug-likeness (QED) is 0.896. The van der Waals surface area contributed by atoms with Crippen LogP contribution in [0.2, 0.25) is 0 Å². The van der Waals surface area contributed by atoms with Crippen LogP contribution in [0.25, 0.3) is 0 Å². The van der Waals surface area contributed by atoms with Crippen LogP contribution in [0.1, 0.15) is 44.6 Å². The van der Waals surface area contributed by atoms with Crippen LogP contribution in [0.3, 0.4) is 0 Å². The van der Waals surface area contributed by atoms with Crippen LogP contribution in [-0.4, -0.2) is 29.9 Å². The number of carbonyl (C=O) groups excluding carboxylic acids is 1. The van der Waals surface area contributed by atoms with Crippen molar-refractivity contribution >= 4 is 11.6 Å². The number of nitrogens with one attached hydrogen (secondary N) is 1. The van der Waals surface area contributed by atoms with Gasteiger partial charge in [-0.1, -0.05) is 25.1 Å². The van der Waals surface area contributed by atoms with Crippen LogP contribution < -0.4 is 5.32 Å². The van der Waals surface area contributed by atoms with Gasteiger partial charge in [0.05, 0.1) is 0 Å². The Morgan fingerprint density at radius 3 is 2.95 bits per heavy atom. The standard InChI is InChI=1S/C17H24N2O/c1-12-7-8-13(2)19(11-12)17(20)9-14-10-18-16-6-4-3-5-15(14)16/h3-6,12-14,18H,7-11H2,1-2H3. The van der Waals surface area contributed by atoms with E-state index >= 15 is 0 Å². The van der Waals surface area contributed by atoms with Crippen molar-refractivity contribution in [2.75, 3.05) is 18.4 Å². The zero-order valence-corrected chi connectivity index (χ0v) is 12.4. The van der Waals surface area contributed by atoms with E-state index in [1.54, 1.807) is 0 Å². The molecule has 20 heavy (non-hydrogen) atoms. The highest BCUT2D eigenvalue weighted by Gasteiger charge is 2.30. The predicted molar refractivity (Wildman–Crippen MR) is 81.9 cm³/mol. The normalized spacial score (nSPS) is 28.9. The summed E-state index contributed by atoms with van der Waals surface area (Å²) in [5, 5.41) is 3.41. The highest BCUT2D eigenvalue weighted by atomic mass is 16.2. The summed E-state index contributed by atoms with van der Waals surface area (Å²) in [5.74, 6) is 1.31. The van der Waals surface area contributed by atoms with Crippen LogP contribution in [0, 0.1) is 5.92 Å². The number of benzene rings is 1. The molecule has 0 saturated carbocycles. The van der Waals surface area contributed by atoms with Gasteiger partial charge in [0.25, 0.3) is 0 Å². The molecule has 0 radical (unpaired) electrons. The molecule has 0 aromatic heterocycles. The first-order valence-corrected chi connectivity index (χ1v) is 7.77. The van der Waals surface area contributed by atoms with E-state index in [9.17, 15) is 4.79 Å². The number of hydrogen-bond donors (Lipinski definition) is 1. The van der Waals surface area contributed by atoms with Crippen LogP contribution in [0.4, 0.5) is 5.69 Å². The van der Waals surface area contributed by atoms with E-state index in [1.165, 1.54) is 17.7 Å². The molecule has 1 aromatic rings. The minimum Gasteiger partial charge on any atom is -0.384 e. The highest BCUT2D eigenvalue weighted by molar-refractivity contribution is 5.78. The molecule has 1 saturated heterocycles. The predicted octanol–water partition coefficient (Wildman–Crippen LogP) is 3.23. The lowest BCUT2D eigenvalue weighted by Crippen LogP contribution is -2.45. The summed E-state index contributed by atoms with van der Waals surface area (Å²) in [6.07, 6.45) is 3.03. The Kier molecular flexibility index (Phi) is 3.68. The maximum absolute atomic E-state index is 12.6. The van der Waals surface area contributed by atoms with Crippen LogP contribution in [0.5, 0.6) is 0 Å². The second-order valence-electron chi connectivity index (χ2n) is 6.45. The largest absolute Gasteiger partial charge is 0.384 e. The third kappa shape index (κ3) is 2.54. The summed E-state index contributed by atoms with van der Waals surface area (Å²) in [6.45, 7) is 6.26. The zero-order chi connectivity index (χ0) is 14.1. The van der Waals surface area contributed by atoms with Crippen LogP contribution >= 0.6 is 0 Å². The molecule has 0 aliphatic carbocycles. The molecule has 108 valence electrons. The monoisotopic (exact) mass is 272 g/mol. The van der Waals surface area contributed by atoms with Crippen molar-refractivity contribution in [3.63, 3.8) is 0 Å². The fraction of sp³-hybridized carbons (Fsp3) is 0.588. The summed E-state index contributed by atoms with van der Waals surface area (Å²) >= 11 is 0. The molecule has 1 amide bonds. The molecule has 0 bridgehead atoms. The third-order valence-electron chi connectivity index (χ3n) is 4.80. The molecule has 2 heterocycles. The van der Waals surface area contributed by atoms with Gasteiger partial charge in [-0.25, -0.2) is 0 Å². The fourth-order valence-electron chi connectivity index (χ4n) is 3.50. The topological polar surface area (TPSA) is 32.3 Å². The maximum atomic E-state index is 12.6. The Morgan fingerprint density at radius 1 is 1.30 bits per heavy atom. The molecule has 2 aliphatic heterocycles. The van der Waals surface area contributed by atoms with E-state index in [0.717, 1.165) is 19.5 Å². The highest BCUT2D eigenvalue weighted by Crippen LogP contribution is 2.34. The number of fused-ring (bicyclic) bond motifs is 1. The van der Waals surface area contributed by atoms with Crippen molar-refractivity contribution < 1.29 is 4.79 Å². The molecule has 2 aliphatic rings. The summed E-state index contributed by atoms with van der Waals surface area (Å²) in [7, 11) is 0. The smallest absolute Gasteiger partial charge is 0.223 e. The maximum Gasteiger partial charge on any atom is 0.223 e. The number of hydrogen-bond acceptors (Lipinski definition) is 2. The first-order chi connectivity index (χ1) is 9.65. The summed E-state index contributed by atoms with van der Waals surface area (Å²) in [4.78, 5) is 14.7. The minimum absolute atomic E-state index is 0.326. The van der Waals surface area contributed by atoms with Gasteiger partial charge in [-0.2, -0.15) is 0 Å². The van der Waals surface area contributed by atoms with Gasteiger partial charge in [-0.3, -0.25) is 4.79 Å². The molecule has 3 unspecified atom stereocenters. The summed E-state index contributed by atoms with van der Waals surface area (Å²) in [6, 6.07) is 8.77. The van der Waals surface area contributed by atoms with E-state index in [1.807, 2.05) is 6.07 Å². The number of amides is 1. The number of carbonyl (C=O) groups is 1. The first kappa shape index (κ1) is 13.5. The molecule has 1 aromatic carbocycles. The zero-order valence-electron chi connectivity index (χ0n) is 12.4. The number of para-hydroxylation sites is 1. The van der Waals surface area contributed by atoms with Crippen molar-refractivity contribution in [3.8, 4) is 0 Å². The van der Waals surface area contributed by atoms with E-state index in [2.05, 4.69) is 42.3 Å². The SMILES string of the molecule is CC1CCC(C)N(C(=O)CC2CNc3ccccc32)C1. The van der Waals surface area contributed by atoms with Crippen molar-refractivity contribution in [1.82, 2.24) is 4.90 Å². The summed E-state index contributed by atoms with van der Waals surface area (Å²) < 4.78 is 0. The average molecular weight is 272 g/mol. The van der Waals surface area contributed by atoms with Crippen molar-refractivity contribution in [3.05, 3.63) is 29.8 Å². The molecular weight excluding hydrogens is 248 g/mol. The Morgan fingerprint density at radius 2 is 2.10 bits per heavy atom. The van der Waals surface area contributed by atoms with Gasteiger partial charge in [0, 0.05) is 37.2 Å². The van der Waals surface area contributed by atoms with Crippen molar-refractivity contribution in [2.45, 2.75) is 45.1 Å². The van der Waals surface area contributed by atoms with Gasteiger partial charge in [-0.15, -0.1) is 0 Å². The Labute approximate surface area is 121 Å². The van der Waals surface area contributed by atoms with Crippen LogP contribution in [-0.2, 0) is 4.79 Å². The van der Waals surface area contributed by atoms with E-state index in [0.29, 0.717) is 30.2 Å². The van der Waals surface area contributed by atoms with Crippen molar-refractivity contribution in [2.24, 2.45) is 5.92 Å². The summed E-state index contributed by atoms with van der Waals surface area (Å²) in [5.41, 5.74) is 2.50. The van der Waals surface area contributed by atoms with Gasteiger partial charge < -0.3 is 10.2 Å². The fourth-order valence-corrected chi connectivity index (χ4v) is 3.50. The molecule has 3 nitrogen and oxygen atoms in total. The third-order valence-corrected chi connectivity index (χ3v) is 4.80. The second-order valence-corrected chi connectivity index (χ2v) is 6.45. The Bertz CT molecular complexity index is 500. The minimum atomic E-state index is 0.326. The molecule has 0 spiro atoms. The molecule has 3 rings (SSSR count). The molecule has 1 N–H and O–H groups in total. The van der Waals surface area contributed by atoms with Crippen LogP contribution in [0.15, 0.2) is 24.3 Å². The Hall–Kier alpha value is -1.51. The molecular formula is C17H24N2O. The number of anilines is 1. The molecule has 3 heteroatoms. The number of piperidine rings is 1. The Balaban J connectivity index is 1.68. The number of nitrogens with zero attached hydrogens (tertiary/aromatic N) is 1. The van der Waals surface area contributed by atoms with Gasteiger partial charge in [0.2, 0.25) is 5.91 Å². The first-order valence-electron chi connectivity index (χ1n) is 7.77. The second kappa shape index (κ2) is 5.47. The van der Waals surface area contributed by atoms with Gasteiger partial charge in [0.15, 0.2) is 0 Å². The van der Waals surface area contributed by atoms with Crippen molar-refractivity contribution in [1.29, 1.82) is 0 Å².